The van der Waals surface area contributed by atoms with E-state index in [1.807, 2.05) is 25.3 Å². The van der Waals surface area contributed by atoms with E-state index in [9.17, 15) is 8.42 Å². The highest BCUT2D eigenvalue weighted by Crippen LogP contribution is 2.21. The molecule has 2 aromatic rings. The molecule has 2 aromatic heterocycles. The fraction of sp³-hybridized carbons (Fsp3) is 0.357. The maximum absolute atomic E-state index is 12.4. The van der Waals surface area contributed by atoms with E-state index in [0.717, 1.165) is 23.4 Å². The highest BCUT2D eigenvalue weighted by atomic mass is 32.2. The van der Waals surface area contributed by atoms with Crippen LogP contribution in [-0.4, -0.2) is 19.9 Å². The summed E-state index contributed by atoms with van der Waals surface area (Å²) in [6.45, 7) is 5.02. The maximum Gasteiger partial charge on any atom is 0.244 e. The van der Waals surface area contributed by atoms with Crippen LogP contribution in [0.25, 0.3) is 0 Å². The average molecular weight is 325 g/mol. The number of rotatable bonds is 7. The fourth-order valence-electron chi connectivity index (χ4n) is 1.82. The second-order valence-electron chi connectivity index (χ2n) is 4.65. The molecule has 21 heavy (non-hydrogen) atoms. The molecule has 0 aliphatic heterocycles. The van der Waals surface area contributed by atoms with Crippen LogP contribution in [0.15, 0.2) is 34.8 Å². The van der Waals surface area contributed by atoms with E-state index in [2.05, 4.69) is 15.0 Å². The monoisotopic (exact) mass is 325 g/mol. The molecule has 5 nitrogen and oxygen atoms in total. The molecule has 0 spiro atoms. The maximum atomic E-state index is 12.4. The predicted molar refractivity (Wildman–Crippen MR) is 86.1 cm³/mol. The summed E-state index contributed by atoms with van der Waals surface area (Å²) in [5, 5.41) is 5.07. The number of aromatic nitrogens is 1. The smallest absolute Gasteiger partial charge is 0.244 e. The Labute approximate surface area is 129 Å². The summed E-state index contributed by atoms with van der Waals surface area (Å²) in [5.41, 5.74) is 1.68. The highest BCUT2D eigenvalue weighted by Gasteiger charge is 2.19. The van der Waals surface area contributed by atoms with Crippen LogP contribution in [0.3, 0.4) is 0 Å². The summed E-state index contributed by atoms with van der Waals surface area (Å²) in [5.74, 6) is 0. The molecule has 0 saturated heterocycles. The van der Waals surface area contributed by atoms with Gasteiger partial charge in [-0.2, -0.15) is 0 Å². The van der Waals surface area contributed by atoms with Crippen LogP contribution in [-0.2, 0) is 16.6 Å². The van der Waals surface area contributed by atoms with Crippen LogP contribution in [0, 0.1) is 6.92 Å². The topological polar surface area (TPSA) is 71.1 Å². The molecule has 2 rings (SSSR count). The summed E-state index contributed by atoms with van der Waals surface area (Å²) in [6, 6.07) is 3.66. The molecular weight excluding hydrogens is 306 g/mol. The largest absolute Gasteiger partial charge is 0.384 e. The lowest BCUT2D eigenvalue weighted by Crippen LogP contribution is -2.24. The molecule has 2 heterocycles. The van der Waals surface area contributed by atoms with Crippen molar-refractivity contribution in [1.29, 1.82) is 0 Å². The number of nitrogens with zero attached hydrogens (tertiary/aromatic N) is 1. The van der Waals surface area contributed by atoms with Crippen molar-refractivity contribution in [2.45, 2.75) is 31.7 Å². The third-order valence-corrected chi connectivity index (χ3v) is 5.48. The molecular formula is C14H19N3O2S2. The van der Waals surface area contributed by atoms with E-state index in [0.29, 0.717) is 12.2 Å². The van der Waals surface area contributed by atoms with Crippen molar-refractivity contribution in [3.05, 3.63) is 40.3 Å². The lowest BCUT2D eigenvalue weighted by molar-refractivity contribution is 0.581. The van der Waals surface area contributed by atoms with Gasteiger partial charge in [-0.25, -0.2) is 13.1 Å². The van der Waals surface area contributed by atoms with Crippen LogP contribution in [0.2, 0.25) is 0 Å². The summed E-state index contributed by atoms with van der Waals surface area (Å²) >= 11 is 1.55. The molecule has 2 N–H and O–H groups in total. The number of hydrogen-bond donors (Lipinski definition) is 2. The number of pyridine rings is 1. The fourth-order valence-corrected chi connectivity index (χ4v) is 3.88. The first-order valence-corrected chi connectivity index (χ1v) is 9.11. The number of thiophene rings is 1. The zero-order chi connectivity index (χ0) is 15.3. The second kappa shape index (κ2) is 7.02. The molecule has 0 aliphatic carbocycles. The van der Waals surface area contributed by atoms with Crippen LogP contribution in [0.5, 0.6) is 0 Å². The van der Waals surface area contributed by atoms with Crippen molar-refractivity contribution in [3.8, 4) is 0 Å². The van der Waals surface area contributed by atoms with Gasteiger partial charge in [0, 0.05) is 30.4 Å². The van der Waals surface area contributed by atoms with Gasteiger partial charge < -0.3 is 5.32 Å². The van der Waals surface area contributed by atoms with Crippen molar-refractivity contribution >= 4 is 27.0 Å². The van der Waals surface area contributed by atoms with Gasteiger partial charge in [0.2, 0.25) is 10.0 Å². The summed E-state index contributed by atoms with van der Waals surface area (Å²) in [4.78, 5) is 5.13. The lowest BCUT2D eigenvalue weighted by Gasteiger charge is -2.12. The molecule has 0 bridgehead atoms. The van der Waals surface area contributed by atoms with Crippen LogP contribution in [0.4, 0.5) is 5.69 Å². The van der Waals surface area contributed by atoms with Crippen molar-refractivity contribution in [3.63, 3.8) is 0 Å². The predicted octanol–water partition coefficient (Wildman–Crippen LogP) is 2.75. The van der Waals surface area contributed by atoms with E-state index in [1.165, 1.54) is 6.20 Å². The van der Waals surface area contributed by atoms with Crippen LogP contribution < -0.4 is 10.0 Å². The van der Waals surface area contributed by atoms with Crippen LogP contribution >= 0.6 is 11.3 Å². The van der Waals surface area contributed by atoms with E-state index in [-0.39, 0.29) is 4.90 Å². The van der Waals surface area contributed by atoms with Gasteiger partial charge in [0.15, 0.2) is 0 Å². The number of hydrogen-bond acceptors (Lipinski definition) is 5. The Kier molecular flexibility index (Phi) is 5.33. The molecule has 0 amide bonds. The van der Waals surface area contributed by atoms with Gasteiger partial charge in [-0.1, -0.05) is 6.92 Å². The number of aryl methyl sites for hydroxylation is 1. The number of nitrogens with one attached hydrogen (secondary N) is 2. The number of sulfonamides is 1. The normalized spacial score (nSPS) is 11.5. The quantitative estimate of drug-likeness (QED) is 0.821. The average Bonchev–Trinajstić information content (AvgIpc) is 2.89. The van der Waals surface area contributed by atoms with Crippen molar-refractivity contribution in [1.82, 2.24) is 9.71 Å². The van der Waals surface area contributed by atoms with Crippen LogP contribution in [0.1, 0.15) is 23.8 Å². The van der Waals surface area contributed by atoms with Crippen molar-refractivity contribution in [2.75, 3.05) is 11.9 Å². The minimum Gasteiger partial charge on any atom is -0.384 e. The Morgan fingerprint density at radius 2 is 2.14 bits per heavy atom. The third kappa shape index (κ3) is 4.03. The molecule has 0 saturated carbocycles. The van der Waals surface area contributed by atoms with E-state index >= 15 is 0 Å². The van der Waals surface area contributed by atoms with E-state index in [1.54, 1.807) is 23.6 Å². The Balaban J connectivity index is 2.17. The Morgan fingerprint density at radius 1 is 1.33 bits per heavy atom. The summed E-state index contributed by atoms with van der Waals surface area (Å²) in [6.07, 6.45) is 3.88. The standard InChI is InChI=1S/C14H19N3O2S2/c1-3-6-16-12-4-7-15-10-14(12)21(18,19)17-9-13-11(2)5-8-20-13/h4-5,7-8,10,17H,3,6,9H2,1-2H3,(H,15,16). The molecule has 0 fully saturated rings. The van der Waals surface area contributed by atoms with Crippen molar-refractivity contribution < 1.29 is 8.42 Å². The minimum absolute atomic E-state index is 0.188. The summed E-state index contributed by atoms with van der Waals surface area (Å²) < 4.78 is 27.5. The first-order chi connectivity index (χ1) is 10.0. The Hall–Kier alpha value is -1.44. The molecule has 7 heteroatoms. The van der Waals surface area contributed by atoms with Gasteiger partial charge in [0.1, 0.15) is 4.90 Å². The second-order valence-corrected chi connectivity index (χ2v) is 7.39. The highest BCUT2D eigenvalue weighted by molar-refractivity contribution is 7.89. The molecule has 0 atom stereocenters. The molecule has 0 radical (unpaired) electrons. The van der Waals surface area contributed by atoms with Gasteiger partial charge in [-0.05, 0) is 36.4 Å². The molecule has 0 unspecified atom stereocenters. The van der Waals surface area contributed by atoms with Crippen molar-refractivity contribution in [2.24, 2.45) is 0 Å². The van der Waals surface area contributed by atoms with Gasteiger partial charge in [-0.15, -0.1) is 11.3 Å². The molecule has 0 aromatic carbocycles. The first kappa shape index (κ1) is 15.9. The molecule has 0 aliphatic rings. The third-order valence-electron chi connectivity index (χ3n) is 3.03. The van der Waals surface area contributed by atoms with Gasteiger partial charge in [-0.3, -0.25) is 4.98 Å². The zero-order valence-electron chi connectivity index (χ0n) is 12.1. The van der Waals surface area contributed by atoms with E-state index in [4.69, 9.17) is 0 Å². The first-order valence-electron chi connectivity index (χ1n) is 6.75. The summed E-state index contributed by atoms with van der Waals surface area (Å²) in [7, 11) is -3.58. The lowest BCUT2D eigenvalue weighted by atomic mass is 10.3. The molecule has 114 valence electrons. The number of anilines is 1. The van der Waals surface area contributed by atoms with E-state index < -0.39 is 10.0 Å². The minimum atomic E-state index is -3.58. The van der Waals surface area contributed by atoms with Gasteiger partial charge in [0.05, 0.1) is 5.69 Å². The Bertz CT molecular complexity index is 696. The van der Waals surface area contributed by atoms with Gasteiger partial charge in [0.25, 0.3) is 0 Å². The SMILES string of the molecule is CCCNc1ccncc1S(=O)(=O)NCc1sccc1C. The van der Waals surface area contributed by atoms with Gasteiger partial charge >= 0.3 is 0 Å². The zero-order valence-corrected chi connectivity index (χ0v) is 13.7. The Morgan fingerprint density at radius 3 is 2.81 bits per heavy atom.